The molecule has 1 unspecified atom stereocenters. The summed E-state index contributed by atoms with van der Waals surface area (Å²) in [6.45, 7) is 5.96. The van der Waals surface area contributed by atoms with Gasteiger partial charge in [0.1, 0.15) is 0 Å². The van der Waals surface area contributed by atoms with Gasteiger partial charge in [0, 0.05) is 19.2 Å². The van der Waals surface area contributed by atoms with Crippen molar-refractivity contribution in [1.82, 2.24) is 10.6 Å². The fourth-order valence-electron chi connectivity index (χ4n) is 1.14. The van der Waals surface area contributed by atoms with Gasteiger partial charge in [-0.3, -0.25) is 4.79 Å². The number of hydrogen-bond acceptors (Lipinski definition) is 3. The van der Waals surface area contributed by atoms with E-state index in [1.807, 2.05) is 13.8 Å². The van der Waals surface area contributed by atoms with Gasteiger partial charge in [0.15, 0.2) is 0 Å². The normalized spacial score (nSPS) is 17.9. The highest BCUT2D eigenvalue weighted by Crippen LogP contribution is 2.18. The number of hydrogen-bond donors (Lipinski definition) is 2. The molecule has 0 aromatic heterocycles. The van der Waals surface area contributed by atoms with E-state index in [4.69, 9.17) is 4.74 Å². The van der Waals surface area contributed by atoms with Gasteiger partial charge < -0.3 is 15.4 Å². The molecular weight excluding hydrogens is 180 g/mol. The van der Waals surface area contributed by atoms with Gasteiger partial charge in [-0.2, -0.15) is 0 Å². The maximum atomic E-state index is 11.4. The second-order valence-corrected chi connectivity index (χ2v) is 3.66. The zero-order valence-electron chi connectivity index (χ0n) is 9.01. The summed E-state index contributed by atoms with van der Waals surface area (Å²) in [6.07, 6.45) is 2.27. The van der Waals surface area contributed by atoms with Crippen molar-refractivity contribution in [3.63, 3.8) is 0 Å². The van der Waals surface area contributed by atoms with Gasteiger partial charge in [-0.1, -0.05) is 0 Å². The topological polar surface area (TPSA) is 50.4 Å². The Labute approximate surface area is 85.4 Å². The SMILES string of the molecule is CCOCCNC(C)C(=O)NC1CC1. The minimum Gasteiger partial charge on any atom is -0.380 e. The van der Waals surface area contributed by atoms with Crippen LogP contribution in [-0.4, -0.2) is 37.7 Å². The van der Waals surface area contributed by atoms with Crippen LogP contribution in [0.5, 0.6) is 0 Å². The lowest BCUT2D eigenvalue weighted by Gasteiger charge is -2.13. The highest BCUT2D eigenvalue weighted by molar-refractivity contribution is 5.81. The van der Waals surface area contributed by atoms with E-state index in [0.29, 0.717) is 12.6 Å². The van der Waals surface area contributed by atoms with Crippen molar-refractivity contribution in [2.75, 3.05) is 19.8 Å². The van der Waals surface area contributed by atoms with E-state index >= 15 is 0 Å². The molecule has 1 amide bonds. The molecule has 1 aliphatic carbocycles. The molecule has 2 N–H and O–H groups in total. The first-order valence-electron chi connectivity index (χ1n) is 5.35. The zero-order valence-corrected chi connectivity index (χ0v) is 9.01. The monoisotopic (exact) mass is 200 g/mol. The van der Waals surface area contributed by atoms with Crippen LogP contribution in [0.1, 0.15) is 26.7 Å². The van der Waals surface area contributed by atoms with Crippen LogP contribution in [0.15, 0.2) is 0 Å². The molecule has 0 saturated heterocycles. The van der Waals surface area contributed by atoms with Crippen molar-refractivity contribution in [3.8, 4) is 0 Å². The zero-order chi connectivity index (χ0) is 10.4. The fourth-order valence-corrected chi connectivity index (χ4v) is 1.14. The first-order chi connectivity index (χ1) is 6.74. The highest BCUT2D eigenvalue weighted by atomic mass is 16.5. The second-order valence-electron chi connectivity index (χ2n) is 3.66. The summed E-state index contributed by atoms with van der Waals surface area (Å²) in [7, 11) is 0. The van der Waals surface area contributed by atoms with Gasteiger partial charge in [-0.15, -0.1) is 0 Å². The van der Waals surface area contributed by atoms with E-state index in [2.05, 4.69) is 10.6 Å². The summed E-state index contributed by atoms with van der Waals surface area (Å²) in [6, 6.07) is 0.328. The first-order valence-corrected chi connectivity index (χ1v) is 5.35. The van der Waals surface area contributed by atoms with Crippen LogP contribution in [0.3, 0.4) is 0 Å². The standard InChI is InChI=1S/C10H20N2O2/c1-3-14-7-6-11-8(2)10(13)12-9-4-5-9/h8-9,11H,3-7H2,1-2H3,(H,12,13). The van der Waals surface area contributed by atoms with Crippen molar-refractivity contribution < 1.29 is 9.53 Å². The molecule has 4 heteroatoms. The predicted molar refractivity (Wildman–Crippen MR) is 55.1 cm³/mol. The minimum atomic E-state index is -0.115. The van der Waals surface area contributed by atoms with Crippen molar-refractivity contribution in [3.05, 3.63) is 0 Å². The summed E-state index contributed by atoms with van der Waals surface area (Å²) in [5.74, 6) is 0.101. The molecule has 1 aliphatic rings. The quantitative estimate of drug-likeness (QED) is 0.580. The number of ether oxygens (including phenoxy) is 1. The Morgan fingerprint density at radius 1 is 1.57 bits per heavy atom. The number of carbonyl (C=O) groups excluding carboxylic acids is 1. The molecular formula is C10H20N2O2. The minimum absolute atomic E-state index is 0.101. The van der Waals surface area contributed by atoms with E-state index in [9.17, 15) is 4.79 Å². The van der Waals surface area contributed by atoms with E-state index in [1.54, 1.807) is 0 Å². The molecule has 4 nitrogen and oxygen atoms in total. The maximum Gasteiger partial charge on any atom is 0.237 e. The van der Waals surface area contributed by atoms with Gasteiger partial charge >= 0.3 is 0 Å². The van der Waals surface area contributed by atoms with Crippen LogP contribution in [0.2, 0.25) is 0 Å². The Bertz CT molecular complexity index is 181. The Balaban J connectivity index is 2.00. The molecule has 0 aromatic carbocycles. The van der Waals surface area contributed by atoms with Crippen molar-refractivity contribution in [1.29, 1.82) is 0 Å². The van der Waals surface area contributed by atoms with Crippen LogP contribution >= 0.6 is 0 Å². The number of amides is 1. The molecule has 82 valence electrons. The molecule has 1 saturated carbocycles. The van der Waals surface area contributed by atoms with Gasteiger partial charge in [0.05, 0.1) is 12.6 Å². The second kappa shape index (κ2) is 5.98. The maximum absolute atomic E-state index is 11.4. The van der Waals surface area contributed by atoms with Gasteiger partial charge in [0.25, 0.3) is 0 Å². The van der Waals surface area contributed by atoms with Gasteiger partial charge in [-0.05, 0) is 26.7 Å². The van der Waals surface area contributed by atoms with Crippen molar-refractivity contribution in [2.24, 2.45) is 0 Å². The molecule has 0 bridgehead atoms. The molecule has 1 atom stereocenters. The van der Waals surface area contributed by atoms with E-state index in [-0.39, 0.29) is 11.9 Å². The summed E-state index contributed by atoms with van der Waals surface area (Å²) < 4.78 is 5.16. The lowest BCUT2D eigenvalue weighted by Crippen LogP contribution is -2.44. The Hall–Kier alpha value is -0.610. The molecule has 1 rings (SSSR count). The molecule has 0 aliphatic heterocycles. The third-order valence-electron chi connectivity index (χ3n) is 2.22. The Kier molecular flexibility index (Phi) is 4.90. The average Bonchev–Trinajstić information content (AvgIpc) is 2.96. The van der Waals surface area contributed by atoms with E-state index in [1.165, 1.54) is 0 Å². The lowest BCUT2D eigenvalue weighted by atomic mass is 10.3. The molecule has 1 fully saturated rings. The van der Waals surface area contributed by atoms with Crippen molar-refractivity contribution >= 4 is 5.91 Å². The van der Waals surface area contributed by atoms with Crippen LogP contribution in [0.4, 0.5) is 0 Å². The summed E-state index contributed by atoms with van der Waals surface area (Å²) in [4.78, 5) is 11.4. The van der Waals surface area contributed by atoms with E-state index < -0.39 is 0 Å². The number of rotatable bonds is 7. The number of nitrogens with one attached hydrogen (secondary N) is 2. The lowest BCUT2D eigenvalue weighted by molar-refractivity contribution is -0.122. The summed E-state index contributed by atoms with van der Waals surface area (Å²) >= 11 is 0. The largest absolute Gasteiger partial charge is 0.380 e. The molecule has 0 radical (unpaired) electrons. The predicted octanol–water partition coefficient (Wildman–Crippen LogP) is 0.280. The molecule has 14 heavy (non-hydrogen) atoms. The first kappa shape index (κ1) is 11.5. The van der Waals surface area contributed by atoms with Gasteiger partial charge in [-0.25, -0.2) is 0 Å². The Morgan fingerprint density at radius 3 is 2.86 bits per heavy atom. The Morgan fingerprint density at radius 2 is 2.29 bits per heavy atom. The smallest absolute Gasteiger partial charge is 0.237 e. The van der Waals surface area contributed by atoms with Crippen LogP contribution in [-0.2, 0) is 9.53 Å². The van der Waals surface area contributed by atoms with Crippen molar-refractivity contribution in [2.45, 2.75) is 38.8 Å². The third kappa shape index (κ3) is 4.58. The number of carbonyl (C=O) groups is 1. The van der Waals surface area contributed by atoms with Crippen LogP contribution in [0.25, 0.3) is 0 Å². The molecule has 0 heterocycles. The highest BCUT2D eigenvalue weighted by Gasteiger charge is 2.25. The van der Waals surface area contributed by atoms with Gasteiger partial charge in [0.2, 0.25) is 5.91 Å². The van der Waals surface area contributed by atoms with Crippen LogP contribution in [0, 0.1) is 0 Å². The molecule has 0 aromatic rings. The average molecular weight is 200 g/mol. The summed E-state index contributed by atoms with van der Waals surface area (Å²) in [5, 5.41) is 6.07. The summed E-state index contributed by atoms with van der Waals surface area (Å²) in [5.41, 5.74) is 0. The van der Waals surface area contributed by atoms with E-state index in [0.717, 1.165) is 26.0 Å². The third-order valence-corrected chi connectivity index (χ3v) is 2.22. The van der Waals surface area contributed by atoms with Crippen LogP contribution < -0.4 is 10.6 Å². The fraction of sp³-hybridized carbons (Fsp3) is 0.900. The molecule has 0 spiro atoms.